The molecule has 0 amide bonds. The molecule has 0 unspecified atom stereocenters. The maximum Gasteiger partial charge on any atom is 0.187 e. The number of ether oxygens (including phenoxy) is 2. The highest BCUT2D eigenvalue weighted by molar-refractivity contribution is 7.80. The van der Waals surface area contributed by atoms with Crippen molar-refractivity contribution in [1.82, 2.24) is 10.7 Å². The van der Waals surface area contributed by atoms with Crippen molar-refractivity contribution in [3.63, 3.8) is 0 Å². The van der Waals surface area contributed by atoms with Crippen molar-refractivity contribution in [3.05, 3.63) is 72.3 Å². The minimum atomic E-state index is 0.422. The molecule has 0 aliphatic heterocycles. The molecule has 0 spiro atoms. The standard InChI is InChI=1S/C19H21N3O2S/c1-3-12-20-19(25)22-21-13-16-10-7-11-17(23-2)18(16)24-14-15-8-5-4-6-9-15/h3-11,13H,1,12,14H2,2H3,(H2,20,22,25)/b21-13+. The number of benzene rings is 2. The van der Waals surface area contributed by atoms with E-state index in [0.717, 1.165) is 11.1 Å². The minimum Gasteiger partial charge on any atom is -0.493 e. The van der Waals surface area contributed by atoms with E-state index in [1.54, 1.807) is 19.4 Å². The van der Waals surface area contributed by atoms with Crippen molar-refractivity contribution in [3.8, 4) is 11.5 Å². The van der Waals surface area contributed by atoms with Gasteiger partial charge in [-0.2, -0.15) is 5.10 Å². The lowest BCUT2D eigenvalue weighted by atomic mass is 10.2. The highest BCUT2D eigenvalue weighted by Gasteiger charge is 2.09. The Morgan fingerprint density at radius 1 is 1.20 bits per heavy atom. The number of methoxy groups -OCH3 is 1. The van der Waals surface area contributed by atoms with Gasteiger partial charge in [-0.05, 0) is 29.9 Å². The molecule has 0 aromatic heterocycles. The summed E-state index contributed by atoms with van der Waals surface area (Å²) < 4.78 is 11.4. The van der Waals surface area contributed by atoms with Crippen LogP contribution in [0.25, 0.3) is 0 Å². The smallest absolute Gasteiger partial charge is 0.187 e. The Morgan fingerprint density at radius 3 is 2.72 bits per heavy atom. The molecule has 25 heavy (non-hydrogen) atoms. The molecule has 0 aliphatic carbocycles. The molecule has 0 aliphatic rings. The third kappa shape index (κ3) is 5.93. The number of hydrogen-bond acceptors (Lipinski definition) is 4. The Labute approximate surface area is 153 Å². The second kappa shape index (κ2) is 10.1. The summed E-state index contributed by atoms with van der Waals surface area (Å²) in [5.41, 5.74) is 4.61. The first-order chi connectivity index (χ1) is 12.2. The Kier molecular flexibility index (Phi) is 7.46. The van der Waals surface area contributed by atoms with Gasteiger partial charge in [-0.15, -0.1) is 6.58 Å². The summed E-state index contributed by atoms with van der Waals surface area (Å²) in [5, 5.41) is 7.49. The number of nitrogens with zero attached hydrogens (tertiary/aromatic N) is 1. The first-order valence-corrected chi connectivity index (χ1v) is 8.17. The molecule has 5 nitrogen and oxygen atoms in total. The van der Waals surface area contributed by atoms with Crippen LogP contribution in [0.15, 0.2) is 66.3 Å². The van der Waals surface area contributed by atoms with Crippen LogP contribution in [0.3, 0.4) is 0 Å². The van der Waals surface area contributed by atoms with Gasteiger partial charge in [0.05, 0.1) is 13.3 Å². The van der Waals surface area contributed by atoms with Gasteiger partial charge in [-0.1, -0.05) is 42.5 Å². The van der Waals surface area contributed by atoms with Crippen LogP contribution in [0, 0.1) is 0 Å². The summed E-state index contributed by atoms with van der Waals surface area (Å²) in [6.45, 7) is 4.63. The second-order valence-corrected chi connectivity index (χ2v) is 5.43. The molecule has 2 N–H and O–H groups in total. The number of para-hydroxylation sites is 1. The van der Waals surface area contributed by atoms with Crippen molar-refractivity contribution in [2.45, 2.75) is 6.61 Å². The van der Waals surface area contributed by atoms with Gasteiger partial charge >= 0.3 is 0 Å². The highest BCUT2D eigenvalue weighted by Crippen LogP contribution is 2.30. The molecule has 0 saturated carbocycles. The minimum absolute atomic E-state index is 0.422. The lowest BCUT2D eigenvalue weighted by Crippen LogP contribution is -2.31. The van der Waals surface area contributed by atoms with Crippen LogP contribution in [0.1, 0.15) is 11.1 Å². The van der Waals surface area contributed by atoms with Crippen LogP contribution in [-0.2, 0) is 6.61 Å². The zero-order chi connectivity index (χ0) is 17.9. The van der Waals surface area contributed by atoms with E-state index in [1.165, 1.54) is 0 Å². The molecule has 0 bridgehead atoms. The van der Waals surface area contributed by atoms with E-state index in [2.05, 4.69) is 22.4 Å². The van der Waals surface area contributed by atoms with E-state index in [9.17, 15) is 0 Å². The van der Waals surface area contributed by atoms with Crippen LogP contribution in [0.5, 0.6) is 11.5 Å². The molecule has 0 fully saturated rings. The monoisotopic (exact) mass is 355 g/mol. The predicted octanol–water partition coefficient (Wildman–Crippen LogP) is 3.26. The van der Waals surface area contributed by atoms with Gasteiger partial charge < -0.3 is 14.8 Å². The first-order valence-electron chi connectivity index (χ1n) is 7.76. The van der Waals surface area contributed by atoms with Gasteiger partial charge in [-0.3, -0.25) is 5.43 Å². The van der Waals surface area contributed by atoms with Crippen LogP contribution in [0.2, 0.25) is 0 Å². The highest BCUT2D eigenvalue weighted by atomic mass is 32.1. The van der Waals surface area contributed by atoms with E-state index < -0.39 is 0 Å². The quantitative estimate of drug-likeness (QED) is 0.329. The lowest BCUT2D eigenvalue weighted by molar-refractivity contribution is 0.284. The molecule has 0 heterocycles. The third-order valence-corrected chi connectivity index (χ3v) is 3.47. The molecular weight excluding hydrogens is 334 g/mol. The van der Waals surface area contributed by atoms with Crippen molar-refractivity contribution < 1.29 is 9.47 Å². The van der Waals surface area contributed by atoms with Gasteiger partial charge in [-0.25, -0.2) is 0 Å². The Bertz CT molecular complexity index is 733. The Morgan fingerprint density at radius 2 is 2.00 bits per heavy atom. The Hall–Kier alpha value is -2.86. The number of rotatable bonds is 8. The van der Waals surface area contributed by atoms with Crippen LogP contribution >= 0.6 is 12.2 Å². The third-order valence-electron chi connectivity index (χ3n) is 3.23. The number of hydrazone groups is 1. The van der Waals surface area contributed by atoms with Gasteiger partial charge in [0.15, 0.2) is 16.6 Å². The van der Waals surface area contributed by atoms with Gasteiger partial charge in [0.25, 0.3) is 0 Å². The first kappa shape index (κ1) is 18.5. The summed E-state index contributed by atoms with van der Waals surface area (Å²) >= 11 is 5.09. The normalized spacial score (nSPS) is 10.3. The number of nitrogens with one attached hydrogen (secondary N) is 2. The van der Waals surface area contributed by atoms with Crippen molar-refractivity contribution >= 4 is 23.5 Å². The van der Waals surface area contributed by atoms with Gasteiger partial charge in [0.2, 0.25) is 0 Å². The molecule has 0 atom stereocenters. The largest absolute Gasteiger partial charge is 0.493 e. The molecule has 130 valence electrons. The zero-order valence-electron chi connectivity index (χ0n) is 14.1. The van der Waals surface area contributed by atoms with Crippen molar-refractivity contribution in [2.24, 2.45) is 5.10 Å². The fraction of sp³-hybridized carbons (Fsp3) is 0.158. The molecule has 0 radical (unpaired) electrons. The number of hydrogen-bond donors (Lipinski definition) is 2. The van der Waals surface area contributed by atoms with E-state index in [4.69, 9.17) is 21.7 Å². The average Bonchev–Trinajstić information content (AvgIpc) is 2.65. The molecule has 2 aromatic carbocycles. The Balaban J connectivity index is 2.09. The lowest BCUT2D eigenvalue weighted by Gasteiger charge is -2.13. The van der Waals surface area contributed by atoms with E-state index >= 15 is 0 Å². The molecular formula is C19H21N3O2S. The molecule has 0 saturated heterocycles. The topological polar surface area (TPSA) is 54.9 Å². The van der Waals surface area contributed by atoms with Crippen molar-refractivity contribution in [1.29, 1.82) is 0 Å². The van der Waals surface area contributed by atoms with Crippen LogP contribution < -0.4 is 20.2 Å². The zero-order valence-corrected chi connectivity index (χ0v) is 14.9. The van der Waals surface area contributed by atoms with Crippen LogP contribution in [-0.4, -0.2) is 25.0 Å². The maximum atomic E-state index is 5.96. The summed E-state index contributed by atoms with van der Waals surface area (Å²) in [7, 11) is 1.61. The van der Waals surface area contributed by atoms with Gasteiger partial charge in [0, 0.05) is 12.1 Å². The predicted molar refractivity (Wildman–Crippen MR) is 105 cm³/mol. The van der Waals surface area contributed by atoms with Gasteiger partial charge in [0.1, 0.15) is 6.61 Å². The SMILES string of the molecule is C=CCNC(=S)N/N=C/c1cccc(OC)c1OCc1ccccc1. The summed E-state index contributed by atoms with van der Waals surface area (Å²) in [6.07, 6.45) is 3.36. The average molecular weight is 355 g/mol. The summed E-state index contributed by atoms with van der Waals surface area (Å²) in [5.74, 6) is 1.27. The number of thiocarbonyl (C=S) groups is 1. The molecule has 6 heteroatoms. The molecule has 2 rings (SSSR count). The van der Waals surface area contributed by atoms with E-state index in [-0.39, 0.29) is 0 Å². The molecule has 2 aromatic rings. The fourth-order valence-electron chi connectivity index (χ4n) is 2.04. The van der Waals surface area contributed by atoms with Crippen LogP contribution in [0.4, 0.5) is 0 Å². The van der Waals surface area contributed by atoms with E-state index in [1.807, 2.05) is 48.5 Å². The van der Waals surface area contributed by atoms with E-state index in [0.29, 0.717) is 29.8 Å². The van der Waals surface area contributed by atoms with Crippen molar-refractivity contribution in [2.75, 3.05) is 13.7 Å². The summed E-state index contributed by atoms with van der Waals surface area (Å²) in [6, 6.07) is 15.6. The maximum absolute atomic E-state index is 5.96. The second-order valence-electron chi connectivity index (χ2n) is 5.02. The summed E-state index contributed by atoms with van der Waals surface area (Å²) in [4.78, 5) is 0. The fourth-order valence-corrected chi connectivity index (χ4v) is 2.18.